The minimum Gasteiger partial charge on any atom is -0.394 e. The normalized spacial score (nSPS) is 21.9. The average molecular weight is 236 g/mol. The van der Waals surface area contributed by atoms with Crippen LogP contribution in [0.15, 0.2) is 10.6 Å². The van der Waals surface area contributed by atoms with Gasteiger partial charge in [0.2, 0.25) is 0 Å². The Balaban J connectivity index is 1.68. The fraction of sp³-hybridized carbons (Fsp3) is 0.667. The van der Waals surface area contributed by atoms with Gasteiger partial charge in [-0.05, 0) is 32.1 Å². The molecule has 2 aliphatic rings. The number of hydrogen-bond donors (Lipinski definition) is 2. The number of rotatable bonds is 4. The van der Waals surface area contributed by atoms with E-state index in [1.807, 2.05) is 0 Å². The second kappa shape index (κ2) is 3.84. The summed E-state index contributed by atoms with van der Waals surface area (Å²) in [6, 6.07) is 1.72. The van der Waals surface area contributed by atoms with Crippen molar-refractivity contribution in [1.29, 1.82) is 0 Å². The van der Waals surface area contributed by atoms with E-state index in [4.69, 9.17) is 4.52 Å². The first-order valence-corrected chi connectivity index (χ1v) is 6.12. The van der Waals surface area contributed by atoms with Gasteiger partial charge in [-0.3, -0.25) is 4.79 Å². The molecule has 2 N–H and O–H groups in total. The lowest BCUT2D eigenvalue weighted by Gasteiger charge is -2.40. The standard InChI is InChI=1S/C12H16N2O3/c15-7-12(4-1-5-12)13-11(16)9-6-10(17-14-9)8-2-3-8/h6,8,15H,1-5,7H2,(H,13,16). The van der Waals surface area contributed by atoms with E-state index in [1.54, 1.807) is 6.07 Å². The number of nitrogens with zero attached hydrogens (tertiary/aromatic N) is 1. The predicted octanol–water partition coefficient (Wildman–Crippen LogP) is 1.20. The SMILES string of the molecule is O=C(NC1(CO)CCC1)c1cc(C2CC2)on1. The van der Waals surface area contributed by atoms with Crippen molar-refractivity contribution in [2.75, 3.05) is 6.61 Å². The molecule has 2 aliphatic carbocycles. The Hall–Kier alpha value is -1.36. The zero-order chi connectivity index (χ0) is 11.9. The van der Waals surface area contributed by atoms with Gasteiger partial charge in [-0.1, -0.05) is 5.16 Å². The molecule has 92 valence electrons. The first-order valence-electron chi connectivity index (χ1n) is 6.12. The summed E-state index contributed by atoms with van der Waals surface area (Å²) < 4.78 is 5.14. The Morgan fingerprint density at radius 3 is 2.88 bits per heavy atom. The van der Waals surface area contributed by atoms with Crippen LogP contribution in [0, 0.1) is 0 Å². The molecule has 5 heteroatoms. The van der Waals surface area contributed by atoms with Crippen LogP contribution in [0.2, 0.25) is 0 Å². The van der Waals surface area contributed by atoms with Gasteiger partial charge in [0.25, 0.3) is 5.91 Å². The Morgan fingerprint density at radius 2 is 2.35 bits per heavy atom. The largest absolute Gasteiger partial charge is 0.394 e. The van der Waals surface area contributed by atoms with Crippen LogP contribution in [0.5, 0.6) is 0 Å². The van der Waals surface area contributed by atoms with Crippen LogP contribution in [0.1, 0.15) is 54.3 Å². The van der Waals surface area contributed by atoms with Crippen molar-refractivity contribution >= 4 is 5.91 Å². The molecular formula is C12H16N2O3. The topological polar surface area (TPSA) is 75.4 Å². The lowest BCUT2D eigenvalue weighted by atomic mass is 9.77. The van der Waals surface area contributed by atoms with Crippen LogP contribution >= 0.6 is 0 Å². The van der Waals surface area contributed by atoms with E-state index in [9.17, 15) is 9.90 Å². The molecule has 5 nitrogen and oxygen atoms in total. The third kappa shape index (κ3) is 1.95. The molecule has 17 heavy (non-hydrogen) atoms. The second-order valence-corrected chi connectivity index (χ2v) is 5.13. The molecule has 0 bridgehead atoms. The summed E-state index contributed by atoms with van der Waals surface area (Å²) in [5.74, 6) is 1.02. The maximum absolute atomic E-state index is 11.9. The molecule has 0 unspecified atom stereocenters. The van der Waals surface area contributed by atoms with E-state index in [2.05, 4.69) is 10.5 Å². The third-order valence-electron chi connectivity index (χ3n) is 3.73. The Morgan fingerprint density at radius 1 is 1.59 bits per heavy atom. The zero-order valence-electron chi connectivity index (χ0n) is 9.61. The van der Waals surface area contributed by atoms with Crippen molar-refractivity contribution < 1.29 is 14.4 Å². The molecule has 0 spiro atoms. The molecule has 1 amide bonds. The monoisotopic (exact) mass is 236 g/mol. The van der Waals surface area contributed by atoms with Crippen molar-refractivity contribution in [1.82, 2.24) is 10.5 Å². The van der Waals surface area contributed by atoms with Gasteiger partial charge >= 0.3 is 0 Å². The molecule has 0 saturated heterocycles. The molecule has 1 aromatic heterocycles. The van der Waals surface area contributed by atoms with E-state index in [0.29, 0.717) is 11.6 Å². The van der Waals surface area contributed by atoms with Crippen LogP contribution in [0.3, 0.4) is 0 Å². The van der Waals surface area contributed by atoms with Gasteiger partial charge < -0.3 is 14.9 Å². The first-order chi connectivity index (χ1) is 8.22. The minimum atomic E-state index is -0.421. The maximum atomic E-state index is 11.9. The highest BCUT2D eigenvalue weighted by Gasteiger charge is 2.38. The Kier molecular flexibility index (Phi) is 2.43. The highest BCUT2D eigenvalue weighted by molar-refractivity contribution is 5.92. The van der Waals surface area contributed by atoms with E-state index in [0.717, 1.165) is 37.9 Å². The van der Waals surface area contributed by atoms with Crippen LogP contribution in [0.25, 0.3) is 0 Å². The number of hydrogen-bond acceptors (Lipinski definition) is 4. The van der Waals surface area contributed by atoms with Gasteiger partial charge in [0.15, 0.2) is 5.69 Å². The number of amides is 1. The third-order valence-corrected chi connectivity index (χ3v) is 3.73. The van der Waals surface area contributed by atoms with Gasteiger partial charge in [0.1, 0.15) is 5.76 Å². The molecule has 0 atom stereocenters. The van der Waals surface area contributed by atoms with Crippen molar-refractivity contribution in [2.45, 2.75) is 43.6 Å². The zero-order valence-corrected chi connectivity index (χ0v) is 9.61. The molecule has 1 aromatic rings. The predicted molar refractivity (Wildman–Crippen MR) is 59.6 cm³/mol. The Bertz CT molecular complexity index is 427. The summed E-state index contributed by atoms with van der Waals surface area (Å²) in [4.78, 5) is 11.9. The minimum absolute atomic E-state index is 0.00786. The summed E-state index contributed by atoms with van der Waals surface area (Å²) in [5, 5.41) is 15.9. The summed E-state index contributed by atoms with van der Waals surface area (Å²) in [7, 11) is 0. The molecule has 2 fully saturated rings. The number of carbonyl (C=O) groups is 1. The number of nitrogens with one attached hydrogen (secondary N) is 1. The maximum Gasteiger partial charge on any atom is 0.273 e. The van der Waals surface area contributed by atoms with Crippen molar-refractivity contribution in [3.05, 3.63) is 17.5 Å². The van der Waals surface area contributed by atoms with Crippen molar-refractivity contribution in [3.63, 3.8) is 0 Å². The number of aromatic nitrogens is 1. The van der Waals surface area contributed by atoms with Gasteiger partial charge in [-0.25, -0.2) is 0 Å². The second-order valence-electron chi connectivity index (χ2n) is 5.13. The molecular weight excluding hydrogens is 220 g/mol. The van der Waals surface area contributed by atoms with Gasteiger partial charge in [0.05, 0.1) is 12.1 Å². The highest BCUT2D eigenvalue weighted by Crippen LogP contribution is 2.40. The van der Waals surface area contributed by atoms with E-state index >= 15 is 0 Å². The van der Waals surface area contributed by atoms with Crippen LogP contribution in [-0.2, 0) is 0 Å². The van der Waals surface area contributed by atoms with E-state index < -0.39 is 5.54 Å². The summed E-state index contributed by atoms with van der Waals surface area (Å²) >= 11 is 0. The van der Waals surface area contributed by atoms with Gasteiger partial charge in [0, 0.05) is 12.0 Å². The van der Waals surface area contributed by atoms with Crippen LogP contribution in [-0.4, -0.2) is 28.3 Å². The molecule has 3 rings (SSSR count). The summed E-state index contributed by atoms with van der Waals surface area (Å²) in [6.45, 7) is -0.00786. The highest BCUT2D eigenvalue weighted by atomic mass is 16.5. The summed E-state index contributed by atoms with van der Waals surface area (Å²) in [6.07, 6.45) is 4.96. The fourth-order valence-corrected chi connectivity index (χ4v) is 2.19. The molecule has 1 heterocycles. The Labute approximate surface area is 99.2 Å². The van der Waals surface area contributed by atoms with Gasteiger partial charge in [-0.2, -0.15) is 0 Å². The number of aliphatic hydroxyl groups is 1. The lowest BCUT2D eigenvalue weighted by molar-refractivity contribution is 0.0634. The first kappa shape index (κ1) is 10.8. The molecule has 0 aliphatic heterocycles. The van der Waals surface area contributed by atoms with Gasteiger partial charge in [-0.15, -0.1) is 0 Å². The molecule has 2 saturated carbocycles. The molecule has 0 aromatic carbocycles. The smallest absolute Gasteiger partial charge is 0.273 e. The fourth-order valence-electron chi connectivity index (χ4n) is 2.19. The number of aliphatic hydroxyl groups excluding tert-OH is 1. The number of carbonyl (C=O) groups excluding carboxylic acids is 1. The molecule has 0 radical (unpaired) electrons. The average Bonchev–Trinajstić information content (AvgIpc) is 3.01. The lowest BCUT2D eigenvalue weighted by Crippen LogP contribution is -2.56. The van der Waals surface area contributed by atoms with Crippen molar-refractivity contribution in [2.24, 2.45) is 0 Å². The van der Waals surface area contributed by atoms with E-state index in [1.165, 1.54) is 0 Å². The quantitative estimate of drug-likeness (QED) is 0.823. The van der Waals surface area contributed by atoms with E-state index in [-0.39, 0.29) is 12.5 Å². The van der Waals surface area contributed by atoms with Crippen molar-refractivity contribution in [3.8, 4) is 0 Å². The van der Waals surface area contributed by atoms with Crippen LogP contribution < -0.4 is 5.32 Å². The summed E-state index contributed by atoms with van der Waals surface area (Å²) in [5.41, 5.74) is -0.0953. The van der Waals surface area contributed by atoms with Crippen LogP contribution in [0.4, 0.5) is 0 Å².